The molecule has 0 radical (unpaired) electrons. The maximum absolute atomic E-state index is 13.3. The molecule has 4 aromatic rings. The second-order valence-electron chi connectivity index (χ2n) is 7.66. The fourth-order valence-corrected chi connectivity index (χ4v) is 3.71. The van der Waals surface area contributed by atoms with Gasteiger partial charge in [-0.25, -0.2) is 0 Å². The third-order valence-corrected chi connectivity index (χ3v) is 5.43. The molecular weight excluding hydrogens is 402 g/mol. The van der Waals surface area contributed by atoms with Crippen molar-refractivity contribution in [2.45, 2.75) is 18.9 Å². The highest BCUT2D eigenvalue weighted by atomic mass is 16.2. The highest BCUT2D eigenvalue weighted by Gasteiger charge is 2.26. The van der Waals surface area contributed by atoms with Crippen molar-refractivity contribution in [1.82, 2.24) is 15.5 Å². The Balaban J connectivity index is 1.54. The lowest BCUT2D eigenvalue weighted by Crippen LogP contribution is -2.49. The summed E-state index contributed by atoms with van der Waals surface area (Å²) in [6, 6.07) is 23.8. The van der Waals surface area contributed by atoms with Crippen LogP contribution in [-0.2, 0) is 22.4 Å². The standard InChI is InChI=1S/C25H25N5O2/c1-30(18-11-6-3-7-12-18)25(32)22(15-17-9-4-2-5-10-17)27-23(31)16-21-19-13-8-14-20(26)24(19)29-28-21/h2-14,22H,15-16,26H2,1H3,(H,27,31)(H,28,29). The molecule has 1 aromatic heterocycles. The number of likely N-dealkylation sites (N-methyl/N-ethyl adjacent to an activating group) is 1. The van der Waals surface area contributed by atoms with E-state index in [-0.39, 0.29) is 18.2 Å². The van der Waals surface area contributed by atoms with E-state index in [9.17, 15) is 9.59 Å². The second-order valence-corrected chi connectivity index (χ2v) is 7.66. The lowest BCUT2D eigenvalue weighted by atomic mass is 10.0. The average molecular weight is 428 g/mol. The van der Waals surface area contributed by atoms with E-state index in [4.69, 9.17) is 5.73 Å². The van der Waals surface area contributed by atoms with E-state index in [1.807, 2.05) is 72.8 Å². The number of anilines is 2. The molecule has 0 fully saturated rings. The van der Waals surface area contributed by atoms with Gasteiger partial charge in [0.15, 0.2) is 0 Å². The van der Waals surface area contributed by atoms with Crippen LogP contribution in [0, 0.1) is 0 Å². The molecule has 0 saturated carbocycles. The number of hydrogen-bond acceptors (Lipinski definition) is 4. The van der Waals surface area contributed by atoms with Crippen molar-refractivity contribution in [3.8, 4) is 0 Å². The van der Waals surface area contributed by atoms with Crippen LogP contribution in [0.3, 0.4) is 0 Å². The highest BCUT2D eigenvalue weighted by molar-refractivity contribution is 6.00. The van der Waals surface area contributed by atoms with E-state index in [0.717, 1.165) is 16.6 Å². The smallest absolute Gasteiger partial charge is 0.249 e. The zero-order chi connectivity index (χ0) is 22.5. The molecule has 0 aliphatic carbocycles. The van der Waals surface area contributed by atoms with Crippen LogP contribution in [0.25, 0.3) is 10.9 Å². The molecule has 162 valence electrons. The summed E-state index contributed by atoms with van der Waals surface area (Å²) < 4.78 is 0. The Labute approximate surface area is 186 Å². The first-order valence-corrected chi connectivity index (χ1v) is 10.4. The molecule has 1 unspecified atom stereocenters. The SMILES string of the molecule is CN(C(=O)C(Cc1ccccc1)NC(=O)Cc1n[nH]c2c(N)cccc12)c1ccccc1. The summed E-state index contributed by atoms with van der Waals surface area (Å²) in [5.74, 6) is -0.471. The van der Waals surface area contributed by atoms with Gasteiger partial charge in [0, 0.05) is 24.5 Å². The molecule has 1 atom stereocenters. The Bertz CT molecular complexity index is 1220. The number of nitrogen functional groups attached to an aromatic ring is 1. The molecule has 0 spiro atoms. The number of para-hydroxylation sites is 2. The maximum Gasteiger partial charge on any atom is 0.249 e. The van der Waals surface area contributed by atoms with Crippen LogP contribution in [-0.4, -0.2) is 35.1 Å². The van der Waals surface area contributed by atoms with Gasteiger partial charge in [0.05, 0.1) is 23.3 Å². The number of hydrogen-bond donors (Lipinski definition) is 3. The molecule has 3 aromatic carbocycles. The van der Waals surface area contributed by atoms with Crippen LogP contribution in [0.2, 0.25) is 0 Å². The number of nitrogens with zero attached hydrogens (tertiary/aromatic N) is 2. The van der Waals surface area contributed by atoms with Crippen molar-refractivity contribution in [1.29, 1.82) is 0 Å². The number of nitrogens with two attached hydrogens (primary N) is 1. The van der Waals surface area contributed by atoms with Crippen LogP contribution < -0.4 is 16.0 Å². The van der Waals surface area contributed by atoms with E-state index in [1.165, 1.54) is 0 Å². The number of nitrogens with one attached hydrogen (secondary N) is 2. The Hall–Kier alpha value is -4.13. The van der Waals surface area contributed by atoms with Crippen molar-refractivity contribution in [3.63, 3.8) is 0 Å². The van der Waals surface area contributed by atoms with Gasteiger partial charge < -0.3 is 16.0 Å². The summed E-state index contributed by atoms with van der Waals surface area (Å²) in [5.41, 5.74) is 9.57. The zero-order valence-electron chi connectivity index (χ0n) is 17.8. The zero-order valence-corrected chi connectivity index (χ0v) is 17.8. The number of fused-ring (bicyclic) bond motifs is 1. The molecule has 0 aliphatic heterocycles. The van der Waals surface area contributed by atoms with Gasteiger partial charge in [0.25, 0.3) is 0 Å². The minimum atomic E-state index is -0.717. The van der Waals surface area contributed by atoms with Gasteiger partial charge in [0.1, 0.15) is 6.04 Å². The van der Waals surface area contributed by atoms with Crippen molar-refractivity contribution >= 4 is 34.1 Å². The first kappa shape index (κ1) is 21.1. The molecule has 7 nitrogen and oxygen atoms in total. The summed E-state index contributed by atoms with van der Waals surface area (Å²) in [6.45, 7) is 0. The first-order valence-electron chi connectivity index (χ1n) is 10.4. The predicted molar refractivity (Wildman–Crippen MR) is 126 cm³/mol. The van der Waals surface area contributed by atoms with Gasteiger partial charge in [0.2, 0.25) is 11.8 Å². The van der Waals surface area contributed by atoms with Crippen molar-refractivity contribution in [2.24, 2.45) is 0 Å². The van der Waals surface area contributed by atoms with Gasteiger partial charge in [-0.3, -0.25) is 14.7 Å². The average Bonchev–Trinajstić information content (AvgIpc) is 3.23. The number of carbonyl (C=O) groups is 2. The number of carbonyl (C=O) groups excluding carboxylic acids is 2. The molecule has 2 amide bonds. The number of benzene rings is 3. The van der Waals surface area contributed by atoms with E-state index in [0.29, 0.717) is 23.3 Å². The monoisotopic (exact) mass is 427 g/mol. The summed E-state index contributed by atoms with van der Waals surface area (Å²) in [7, 11) is 1.71. The quantitative estimate of drug-likeness (QED) is 0.394. The number of aromatic nitrogens is 2. The normalized spacial score (nSPS) is 11.8. The fraction of sp³-hybridized carbons (Fsp3) is 0.160. The maximum atomic E-state index is 13.3. The van der Waals surface area contributed by atoms with Gasteiger partial charge in [-0.1, -0.05) is 60.7 Å². The van der Waals surface area contributed by atoms with Gasteiger partial charge >= 0.3 is 0 Å². The Kier molecular flexibility index (Phi) is 6.17. The van der Waals surface area contributed by atoms with Crippen molar-refractivity contribution < 1.29 is 9.59 Å². The molecule has 0 aliphatic rings. The summed E-state index contributed by atoms with van der Waals surface area (Å²) >= 11 is 0. The van der Waals surface area contributed by atoms with Crippen LogP contribution >= 0.6 is 0 Å². The predicted octanol–water partition coefficient (Wildman–Crippen LogP) is 3.08. The molecule has 0 saturated heterocycles. The minimum absolute atomic E-state index is 0.0388. The number of H-pyrrole nitrogens is 1. The van der Waals surface area contributed by atoms with Crippen molar-refractivity contribution in [3.05, 3.63) is 90.1 Å². The molecule has 4 rings (SSSR count). The third kappa shape index (κ3) is 4.62. The topological polar surface area (TPSA) is 104 Å². The minimum Gasteiger partial charge on any atom is -0.397 e. The largest absolute Gasteiger partial charge is 0.397 e. The molecule has 4 N–H and O–H groups in total. The van der Waals surface area contributed by atoms with Gasteiger partial charge in [-0.15, -0.1) is 0 Å². The summed E-state index contributed by atoms with van der Waals surface area (Å²) in [6.07, 6.45) is 0.425. The summed E-state index contributed by atoms with van der Waals surface area (Å²) in [5, 5.41) is 10.9. The molecule has 1 heterocycles. The van der Waals surface area contributed by atoms with Crippen LogP contribution in [0.4, 0.5) is 11.4 Å². The highest BCUT2D eigenvalue weighted by Crippen LogP contribution is 2.21. The number of aromatic amines is 1. The van der Waals surface area contributed by atoms with Crippen LogP contribution in [0.5, 0.6) is 0 Å². The number of amides is 2. The lowest BCUT2D eigenvalue weighted by molar-refractivity contribution is -0.127. The van der Waals surface area contributed by atoms with E-state index >= 15 is 0 Å². The summed E-state index contributed by atoms with van der Waals surface area (Å²) in [4.78, 5) is 27.8. The van der Waals surface area contributed by atoms with Crippen molar-refractivity contribution in [2.75, 3.05) is 17.7 Å². The molecule has 7 heteroatoms. The molecular formula is C25H25N5O2. The van der Waals surface area contributed by atoms with E-state index in [2.05, 4.69) is 15.5 Å². The van der Waals surface area contributed by atoms with Gasteiger partial charge in [-0.05, 0) is 23.8 Å². The Morgan fingerprint density at radius 3 is 2.41 bits per heavy atom. The fourth-order valence-electron chi connectivity index (χ4n) is 3.71. The van der Waals surface area contributed by atoms with E-state index < -0.39 is 6.04 Å². The molecule has 0 bridgehead atoms. The second kappa shape index (κ2) is 9.34. The Morgan fingerprint density at radius 2 is 1.69 bits per heavy atom. The Morgan fingerprint density at radius 1 is 1.00 bits per heavy atom. The lowest BCUT2D eigenvalue weighted by Gasteiger charge is -2.25. The molecule has 32 heavy (non-hydrogen) atoms. The number of rotatable bonds is 7. The van der Waals surface area contributed by atoms with Crippen LogP contribution in [0.15, 0.2) is 78.9 Å². The first-order chi connectivity index (χ1) is 15.5. The van der Waals surface area contributed by atoms with Gasteiger partial charge in [-0.2, -0.15) is 5.10 Å². The third-order valence-electron chi connectivity index (χ3n) is 5.43. The van der Waals surface area contributed by atoms with Crippen LogP contribution in [0.1, 0.15) is 11.3 Å². The van der Waals surface area contributed by atoms with E-state index in [1.54, 1.807) is 18.0 Å².